The highest BCUT2D eigenvalue weighted by atomic mass is 32.2. The SMILES string of the molecule is CCNC(=NCC1(c2cccc(F)c2)CC1)NCCN1CCS(=O)(=O)CC1. The molecule has 2 N–H and O–H groups in total. The summed E-state index contributed by atoms with van der Waals surface area (Å²) in [5.41, 5.74) is 0.989. The van der Waals surface area contributed by atoms with Crippen molar-refractivity contribution < 1.29 is 12.8 Å². The van der Waals surface area contributed by atoms with Crippen LogP contribution in [0.5, 0.6) is 0 Å². The summed E-state index contributed by atoms with van der Waals surface area (Å²) in [7, 11) is -2.84. The molecule has 0 radical (unpaired) electrons. The third kappa shape index (κ3) is 5.65. The highest BCUT2D eigenvalue weighted by Gasteiger charge is 2.44. The summed E-state index contributed by atoms with van der Waals surface area (Å²) >= 11 is 0. The lowest BCUT2D eigenvalue weighted by molar-refractivity contribution is 0.299. The van der Waals surface area contributed by atoms with E-state index < -0.39 is 9.84 Å². The van der Waals surface area contributed by atoms with Gasteiger partial charge in [0.25, 0.3) is 0 Å². The van der Waals surface area contributed by atoms with Gasteiger partial charge in [-0.1, -0.05) is 12.1 Å². The Morgan fingerprint density at radius 2 is 2.00 bits per heavy atom. The van der Waals surface area contributed by atoms with Crippen LogP contribution in [0, 0.1) is 5.82 Å². The number of hydrogen-bond donors (Lipinski definition) is 2. The number of halogens is 1. The van der Waals surface area contributed by atoms with Crippen LogP contribution in [0.3, 0.4) is 0 Å². The van der Waals surface area contributed by atoms with E-state index in [-0.39, 0.29) is 22.7 Å². The fraction of sp³-hybridized carbons (Fsp3) is 0.632. The molecular formula is C19H29FN4O2S. The Bertz CT molecular complexity index is 764. The summed E-state index contributed by atoms with van der Waals surface area (Å²) in [5.74, 6) is 1.05. The van der Waals surface area contributed by atoms with Gasteiger partial charge in [-0.15, -0.1) is 0 Å². The molecule has 1 aromatic rings. The highest BCUT2D eigenvalue weighted by Crippen LogP contribution is 2.48. The number of aliphatic imine (C=N–C) groups is 1. The van der Waals surface area contributed by atoms with Crippen LogP contribution in [0.15, 0.2) is 29.3 Å². The largest absolute Gasteiger partial charge is 0.357 e. The first-order valence-electron chi connectivity index (χ1n) is 9.63. The van der Waals surface area contributed by atoms with E-state index in [2.05, 4.69) is 15.5 Å². The molecule has 8 heteroatoms. The summed E-state index contributed by atoms with van der Waals surface area (Å²) in [6.07, 6.45) is 2.06. The second-order valence-electron chi connectivity index (χ2n) is 7.41. The smallest absolute Gasteiger partial charge is 0.191 e. The van der Waals surface area contributed by atoms with E-state index in [4.69, 9.17) is 4.99 Å². The summed E-state index contributed by atoms with van der Waals surface area (Å²) in [6, 6.07) is 6.83. The molecule has 1 aromatic carbocycles. The van der Waals surface area contributed by atoms with E-state index >= 15 is 0 Å². The lowest BCUT2D eigenvalue weighted by Gasteiger charge is -2.26. The maximum atomic E-state index is 13.5. The van der Waals surface area contributed by atoms with E-state index in [1.807, 2.05) is 13.0 Å². The van der Waals surface area contributed by atoms with Gasteiger partial charge in [-0.05, 0) is 37.5 Å². The molecule has 2 fully saturated rings. The van der Waals surface area contributed by atoms with E-state index in [9.17, 15) is 12.8 Å². The van der Waals surface area contributed by atoms with Crippen LogP contribution in [0.2, 0.25) is 0 Å². The Hall–Kier alpha value is -1.67. The predicted octanol–water partition coefficient (Wildman–Crippen LogP) is 1.14. The fourth-order valence-corrected chi connectivity index (χ4v) is 4.66. The third-order valence-electron chi connectivity index (χ3n) is 5.33. The van der Waals surface area contributed by atoms with Crippen molar-refractivity contribution in [1.29, 1.82) is 0 Å². The van der Waals surface area contributed by atoms with Crippen molar-refractivity contribution in [2.75, 3.05) is 50.8 Å². The molecule has 0 atom stereocenters. The molecule has 0 bridgehead atoms. The Balaban J connectivity index is 1.51. The van der Waals surface area contributed by atoms with Crippen LogP contribution in [0.25, 0.3) is 0 Å². The quantitative estimate of drug-likeness (QED) is 0.534. The van der Waals surface area contributed by atoms with Crippen LogP contribution in [0.1, 0.15) is 25.3 Å². The first kappa shape index (κ1) is 20.1. The van der Waals surface area contributed by atoms with Crippen LogP contribution in [0.4, 0.5) is 4.39 Å². The van der Waals surface area contributed by atoms with Crippen LogP contribution < -0.4 is 10.6 Å². The average molecular weight is 397 g/mol. The third-order valence-corrected chi connectivity index (χ3v) is 6.94. The van der Waals surface area contributed by atoms with Crippen LogP contribution in [-0.2, 0) is 15.3 Å². The number of sulfone groups is 1. The molecule has 27 heavy (non-hydrogen) atoms. The van der Waals surface area contributed by atoms with E-state index in [1.54, 1.807) is 12.1 Å². The van der Waals surface area contributed by atoms with Crippen molar-refractivity contribution in [3.8, 4) is 0 Å². The minimum atomic E-state index is -2.84. The zero-order valence-corrected chi connectivity index (χ0v) is 16.7. The number of nitrogens with zero attached hydrogens (tertiary/aromatic N) is 2. The summed E-state index contributed by atoms with van der Waals surface area (Å²) in [4.78, 5) is 6.88. The monoisotopic (exact) mass is 396 g/mol. The van der Waals surface area contributed by atoms with Crippen molar-refractivity contribution in [2.24, 2.45) is 4.99 Å². The van der Waals surface area contributed by atoms with Gasteiger partial charge < -0.3 is 10.6 Å². The standard InChI is InChI=1S/C19H29FN4O2S/c1-2-21-18(22-8-9-24-10-12-27(25,26)13-11-24)23-15-19(6-7-19)16-4-3-5-17(20)14-16/h3-5,14H,2,6-13,15H2,1H3,(H2,21,22,23). The van der Waals surface area contributed by atoms with Gasteiger partial charge in [0.05, 0.1) is 18.1 Å². The maximum absolute atomic E-state index is 13.5. The molecule has 0 unspecified atom stereocenters. The molecule has 3 rings (SSSR count). The van der Waals surface area contributed by atoms with E-state index in [0.717, 1.165) is 37.5 Å². The lowest BCUT2D eigenvalue weighted by atomic mass is 9.96. The van der Waals surface area contributed by atoms with Gasteiger partial charge in [-0.2, -0.15) is 0 Å². The second-order valence-corrected chi connectivity index (χ2v) is 9.71. The number of guanidine groups is 1. The zero-order chi connectivity index (χ0) is 19.3. The number of hydrogen-bond acceptors (Lipinski definition) is 4. The van der Waals surface area contributed by atoms with Crippen molar-refractivity contribution in [3.63, 3.8) is 0 Å². The zero-order valence-electron chi connectivity index (χ0n) is 15.9. The molecule has 1 saturated carbocycles. The molecule has 0 aromatic heterocycles. The molecule has 0 spiro atoms. The fourth-order valence-electron chi connectivity index (χ4n) is 3.39. The van der Waals surface area contributed by atoms with Crippen molar-refractivity contribution >= 4 is 15.8 Å². The van der Waals surface area contributed by atoms with Crippen LogP contribution >= 0.6 is 0 Å². The molecule has 6 nitrogen and oxygen atoms in total. The van der Waals surface area contributed by atoms with Gasteiger partial charge in [0, 0.05) is 38.1 Å². The number of nitrogens with one attached hydrogen (secondary N) is 2. The predicted molar refractivity (Wildman–Crippen MR) is 106 cm³/mol. The molecule has 150 valence electrons. The Morgan fingerprint density at radius 3 is 2.63 bits per heavy atom. The average Bonchev–Trinajstić information content (AvgIpc) is 3.42. The molecule has 1 aliphatic carbocycles. The molecule has 1 aliphatic heterocycles. The van der Waals surface area contributed by atoms with E-state index in [0.29, 0.717) is 26.2 Å². The number of rotatable bonds is 7. The minimum absolute atomic E-state index is 0.0360. The molecule has 1 heterocycles. The van der Waals surface area contributed by atoms with Gasteiger partial charge in [0.1, 0.15) is 5.82 Å². The number of benzene rings is 1. The summed E-state index contributed by atoms with van der Waals surface area (Å²) < 4.78 is 36.5. The topological polar surface area (TPSA) is 73.8 Å². The van der Waals surface area contributed by atoms with Gasteiger partial charge in [-0.25, -0.2) is 12.8 Å². The molecule has 1 saturated heterocycles. The summed E-state index contributed by atoms with van der Waals surface area (Å²) in [5, 5.41) is 6.57. The molecular weight excluding hydrogens is 367 g/mol. The van der Waals surface area contributed by atoms with Gasteiger partial charge in [0.15, 0.2) is 15.8 Å². The molecule has 0 amide bonds. The van der Waals surface area contributed by atoms with Crippen molar-refractivity contribution in [1.82, 2.24) is 15.5 Å². The second kappa shape index (κ2) is 8.56. The van der Waals surface area contributed by atoms with Gasteiger partial charge in [0.2, 0.25) is 0 Å². The Morgan fingerprint density at radius 1 is 1.26 bits per heavy atom. The minimum Gasteiger partial charge on any atom is -0.357 e. The van der Waals surface area contributed by atoms with Gasteiger partial charge >= 0.3 is 0 Å². The lowest BCUT2D eigenvalue weighted by Crippen LogP contribution is -2.46. The van der Waals surface area contributed by atoms with Gasteiger partial charge in [-0.3, -0.25) is 9.89 Å². The van der Waals surface area contributed by atoms with Crippen molar-refractivity contribution in [3.05, 3.63) is 35.6 Å². The van der Waals surface area contributed by atoms with E-state index in [1.165, 1.54) is 6.07 Å². The molecule has 2 aliphatic rings. The highest BCUT2D eigenvalue weighted by molar-refractivity contribution is 7.91. The van der Waals surface area contributed by atoms with Crippen LogP contribution in [-0.4, -0.2) is 70.1 Å². The first-order chi connectivity index (χ1) is 12.9. The maximum Gasteiger partial charge on any atom is 0.191 e. The summed E-state index contributed by atoms with van der Waals surface area (Å²) in [6.45, 7) is 6.11. The normalized spacial score (nSPS) is 21.6. The Labute approximate surface area is 161 Å². The van der Waals surface area contributed by atoms with Crippen molar-refractivity contribution in [2.45, 2.75) is 25.2 Å². The first-order valence-corrected chi connectivity index (χ1v) is 11.5. The Kier molecular flexibility index (Phi) is 6.37.